The third kappa shape index (κ3) is 3.97. The van der Waals surface area contributed by atoms with E-state index >= 15 is 0 Å². The zero-order valence-electron chi connectivity index (χ0n) is 7.14. The molecule has 0 spiro atoms. The molecule has 0 saturated carbocycles. The summed E-state index contributed by atoms with van der Waals surface area (Å²) in [6.45, 7) is 2.42. The molecule has 0 aromatic heterocycles. The third-order valence-corrected chi connectivity index (χ3v) is 1.44. The highest BCUT2D eigenvalue weighted by Crippen LogP contribution is 1.95. The van der Waals surface area contributed by atoms with Gasteiger partial charge in [-0.2, -0.15) is 0 Å². The first-order valence-corrected chi connectivity index (χ1v) is 3.92. The number of unbranched alkanes of at least 4 members (excludes halogenated alkanes) is 1. The Labute approximate surface area is 71.2 Å². The van der Waals surface area contributed by atoms with E-state index in [1.165, 1.54) is 0 Å². The van der Waals surface area contributed by atoms with Crippen LogP contribution in [0.1, 0.15) is 19.8 Å². The van der Waals surface area contributed by atoms with E-state index in [0.29, 0.717) is 6.54 Å². The molecule has 0 aliphatic heterocycles. The van der Waals surface area contributed by atoms with Gasteiger partial charge >= 0.3 is 0 Å². The van der Waals surface area contributed by atoms with Crippen LogP contribution in [0.25, 0.3) is 0 Å². The van der Waals surface area contributed by atoms with Gasteiger partial charge in [0.15, 0.2) is 0 Å². The molecule has 0 aromatic carbocycles. The smallest absolute Gasteiger partial charge is 0.0998 e. The van der Waals surface area contributed by atoms with Gasteiger partial charge in [0.2, 0.25) is 0 Å². The Kier molecular flexibility index (Phi) is 6.08. The summed E-state index contributed by atoms with van der Waals surface area (Å²) in [5, 5.41) is 32.4. The monoisotopic (exact) mass is 176 g/mol. The van der Waals surface area contributed by atoms with E-state index in [1.54, 1.807) is 0 Å². The summed E-state index contributed by atoms with van der Waals surface area (Å²) >= 11 is 0. The van der Waals surface area contributed by atoms with Crippen LogP contribution >= 0.6 is 0 Å². The molecule has 0 aliphatic carbocycles. The quantitative estimate of drug-likeness (QED) is 0.362. The van der Waals surface area contributed by atoms with Crippen molar-refractivity contribution in [2.45, 2.75) is 19.8 Å². The average molecular weight is 176 g/mol. The van der Waals surface area contributed by atoms with Crippen LogP contribution in [0, 0.1) is 10.4 Å². The van der Waals surface area contributed by atoms with Crippen molar-refractivity contribution in [2.75, 3.05) is 19.7 Å². The molecule has 0 amide bonds. The van der Waals surface area contributed by atoms with Crippen molar-refractivity contribution in [3.05, 3.63) is 10.4 Å². The molecule has 12 heavy (non-hydrogen) atoms. The van der Waals surface area contributed by atoms with Crippen molar-refractivity contribution in [1.29, 1.82) is 0 Å². The molecule has 0 bridgehead atoms. The van der Waals surface area contributed by atoms with Gasteiger partial charge < -0.3 is 15.5 Å². The first-order valence-electron chi connectivity index (χ1n) is 3.92. The molecular weight excluding hydrogens is 162 g/mol. The van der Waals surface area contributed by atoms with Crippen molar-refractivity contribution in [3.63, 3.8) is 0 Å². The Morgan fingerprint density at radius 1 is 1.50 bits per heavy atom. The van der Waals surface area contributed by atoms with E-state index in [4.69, 9.17) is 5.11 Å². The second kappa shape index (κ2) is 6.66. The summed E-state index contributed by atoms with van der Waals surface area (Å²) in [7, 11) is 0. The van der Waals surface area contributed by atoms with E-state index in [2.05, 4.69) is 5.28 Å². The van der Waals surface area contributed by atoms with Gasteiger partial charge in [-0.3, -0.25) is 0 Å². The van der Waals surface area contributed by atoms with Crippen LogP contribution in [-0.2, 0) is 0 Å². The summed E-state index contributed by atoms with van der Waals surface area (Å²) in [5.74, 6) is 0. The molecule has 1 N–H and O–H groups in total. The van der Waals surface area contributed by atoms with Crippen molar-refractivity contribution in [3.8, 4) is 0 Å². The van der Waals surface area contributed by atoms with Crippen molar-refractivity contribution >= 4 is 0 Å². The molecule has 0 aliphatic rings. The van der Waals surface area contributed by atoms with Crippen LogP contribution in [0.15, 0.2) is 5.28 Å². The van der Waals surface area contributed by atoms with Crippen LogP contribution in [0.2, 0.25) is 0 Å². The highest BCUT2D eigenvalue weighted by atomic mass is 16.6. The number of aliphatic hydroxyl groups excluding tert-OH is 1. The Morgan fingerprint density at radius 3 is 2.58 bits per heavy atom. The van der Waals surface area contributed by atoms with Gasteiger partial charge in [-0.05, 0) is 11.7 Å². The van der Waals surface area contributed by atoms with Crippen LogP contribution in [0.5, 0.6) is 0 Å². The number of hydrogen-bond donors (Lipinski definition) is 1. The highest BCUT2D eigenvalue weighted by molar-refractivity contribution is 4.43. The van der Waals surface area contributed by atoms with E-state index in [-0.39, 0.29) is 18.1 Å². The summed E-state index contributed by atoms with van der Waals surface area (Å²) in [4.78, 5) is -0.0219. The molecule has 6 nitrogen and oxygen atoms in total. The summed E-state index contributed by atoms with van der Waals surface area (Å²) in [6.07, 6.45) is 1.73. The van der Waals surface area contributed by atoms with Crippen LogP contribution in [-0.4, -0.2) is 34.8 Å². The number of rotatable bonds is 6. The number of aliphatic hydroxyl groups is 1. The zero-order chi connectivity index (χ0) is 9.40. The molecule has 72 valence electrons. The lowest BCUT2D eigenvalue weighted by Gasteiger charge is -2.17. The SMILES string of the molecule is CCCCN(CCO)/[N+]([O-])=N/[O-]. The third-order valence-electron chi connectivity index (χ3n) is 1.44. The molecule has 0 saturated heterocycles. The van der Waals surface area contributed by atoms with Gasteiger partial charge in [-0.15, -0.1) is 5.01 Å². The first-order chi connectivity index (χ1) is 5.76. The van der Waals surface area contributed by atoms with E-state index in [9.17, 15) is 10.4 Å². The van der Waals surface area contributed by atoms with Crippen LogP contribution in [0.3, 0.4) is 0 Å². The molecule has 0 unspecified atom stereocenters. The second-order valence-corrected chi connectivity index (χ2v) is 2.37. The molecule has 6 heteroatoms. The number of nitrogens with zero attached hydrogens (tertiary/aromatic N) is 3. The molecule has 0 radical (unpaired) electrons. The molecule has 0 heterocycles. The van der Waals surface area contributed by atoms with Gasteiger partial charge in [0.1, 0.15) is 0 Å². The first kappa shape index (κ1) is 11.0. The second-order valence-electron chi connectivity index (χ2n) is 2.37. The topological polar surface area (TPSA) is 85.0 Å². The minimum absolute atomic E-state index is 0.0219. The summed E-state index contributed by atoms with van der Waals surface area (Å²) in [5.41, 5.74) is 0. The fraction of sp³-hybridized carbons (Fsp3) is 1.00. The van der Waals surface area contributed by atoms with Crippen LogP contribution in [0.4, 0.5) is 0 Å². The summed E-state index contributed by atoms with van der Waals surface area (Å²) in [6, 6.07) is 0. The standard InChI is InChI=1S/C6H15N3O3/c1-2-3-4-8(5-6-10)9(12)7-11/h10-11H,2-6H2,1H3/p-1/b9-7-. The molecule has 0 rings (SSSR count). The molecule has 0 fully saturated rings. The predicted molar refractivity (Wildman–Crippen MR) is 43.0 cm³/mol. The van der Waals surface area contributed by atoms with Crippen LogP contribution < -0.4 is 0 Å². The Balaban J connectivity index is 3.85. The van der Waals surface area contributed by atoms with Crippen molar-refractivity contribution < 1.29 is 10.1 Å². The van der Waals surface area contributed by atoms with Gasteiger partial charge in [0.05, 0.1) is 19.7 Å². The lowest BCUT2D eigenvalue weighted by atomic mass is 10.3. The van der Waals surface area contributed by atoms with Gasteiger partial charge in [0, 0.05) is 4.97 Å². The average Bonchev–Trinajstić information content (AvgIpc) is 2.11. The summed E-state index contributed by atoms with van der Waals surface area (Å²) < 4.78 is 0. The normalized spacial score (nSPS) is 11.7. The zero-order valence-corrected chi connectivity index (χ0v) is 7.14. The number of hydrazine groups is 1. The molecule has 0 aromatic rings. The molecule has 0 atom stereocenters. The van der Waals surface area contributed by atoms with Gasteiger partial charge in [0.25, 0.3) is 0 Å². The minimum Gasteiger partial charge on any atom is -0.737 e. The fourth-order valence-electron chi connectivity index (χ4n) is 0.791. The minimum atomic E-state index is -0.155. The van der Waals surface area contributed by atoms with Crippen molar-refractivity contribution in [2.24, 2.45) is 5.28 Å². The van der Waals surface area contributed by atoms with E-state index < -0.39 is 0 Å². The lowest BCUT2D eigenvalue weighted by molar-refractivity contribution is -0.690. The predicted octanol–water partition coefficient (Wildman–Crippen LogP) is 0.456. The number of hydrogen-bond acceptors (Lipinski definition) is 4. The lowest BCUT2D eigenvalue weighted by Crippen LogP contribution is -2.33. The fourth-order valence-corrected chi connectivity index (χ4v) is 0.791. The van der Waals surface area contributed by atoms with Gasteiger partial charge in [-0.25, -0.2) is 0 Å². The molecular formula is C6H14N3O3-. The Hall–Kier alpha value is -1.04. The van der Waals surface area contributed by atoms with Gasteiger partial charge in [-0.1, -0.05) is 13.3 Å². The highest BCUT2D eigenvalue weighted by Gasteiger charge is 2.08. The van der Waals surface area contributed by atoms with E-state index in [1.807, 2.05) is 6.92 Å². The maximum absolute atomic E-state index is 10.7. The Bertz CT molecular complexity index is 140. The van der Waals surface area contributed by atoms with E-state index in [0.717, 1.165) is 17.9 Å². The Morgan fingerprint density at radius 2 is 2.17 bits per heavy atom. The maximum Gasteiger partial charge on any atom is 0.0998 e. The maximum atomic E-state index is 10.7. The van der Waals surface area contributed by atoms with Crippen molar-refractivity contribution in [1.82, 2.24) is 5.01 Å². The largest absolute Gasteiger partial charge is 0.737 e.